The van der Waals surface area contributed by atoms with Gasteiger partial charge >= 0.3 is 0 Å². The number of benzene rings is 1. The van der Waals surface area contributed by atoms with Crippen LogP contribution in [0.1, 0.15) is 5.76 Å². The van der Waals surface area contributed by atoms with E-state index < -0.39 is 0 Å². The molecule has 0 fully saturated rings. The predicted octanol–water partition coefficient (Wildman–Crippen LogP) is 3.25. The zero-order valence-electron chi connectivity index (χ0n) is 9.57. The molecule has 2 aromatic rings. The fourth-order valence-electron chi connectivity index (χ4n) is 1.52. The topological polar surface area (TPSA) is 44.5 Å². The summed E-state index contributed by atoms with van der Waals surface area (Å²) in [6, 6.07) is 7.42. The lowest BCUT2D eigenvalue weighted by Gasteiger charge is -2.07. The van der Waals surface area contributed by atoms with Gasteiger partial charge in [-0.15, -0.1) is 0 Å². The van der Waals surface area contributed by atoms with Crippen molar-refractivity contribution < 1.29 is 14.0 Å². The second-order valence-corrected chi connectivity index (χ2v) is 3.94. The summed E-state index contributed by atoms with van der Waals surface area (Å²) >= 11 is 3.32. The van der Waals surface area contributed by atoms with Crippen molar-refractivity contribution in [1.29, 1.82) is 0 Å². The number of halogens is 1. The lowest BCUT2D eigenvalue weighted by molar-refractivity contribution is 0.394. The third-order valence-electron chi connectivity index (χ3n) is 2.37. The van der Waals surface area contributed by atoms with E-state index in [0.717, 1.165) is 28.5 Å². The van der Waals surface area contributed by atoms with Crippen LogP contribution in [-0.4, -0.2) is 19.4 Å². The van der Waals surface area contributed by atoms with Gasteiger partial charge in [0.1, 0.15) is 23.0 Å². The van der Waals surface area contributed by atoms with Gasteiger partial charge in [-0.3, -0.25) is 0 Å². The lowest BCUT2D eigenvalue weighted by atomic mass is 10.1. The molecule has 0 aliphatic carbocycles. The molecule has 2 rings (SSSR count). The summed E-state index contributed by atoms with van der Waals surface area (Å²) in [5, 5.41) is 4.63. The summed E-state index contributed by atoms with van der Waals surface area (Å²) in [5.74, 6) is 2.26. The summed E-state index contributed by atoms with van der Waals surface area (Å²) in [6.07, 6.45) is 0. The summed E-state index contributed by atoms with van der Waals surface area (Å²) in [4.78, 5) is 0. The molecule has 4 nitrogen and oxygen atoms in total. The summed E-state index contributed by atoms with van der Waals surface area (Å²) < 4.78 is 15.6. The zero-order valence-corrected chi connectivity index (χ0v) is 11.2. The van der Waals surface area contributed by atoms with Crippen molar-refractivity contribution >= 4 is 15.9 Å². The van der Waals surface area contributed by atoms with Crippen LogP contribution in [0.3, 0.4) is 0 Å². The van der Waals surface area contributed by atoms with Crippen molar-refractivity contribution in [3.05, 3.63) is 30.0 Å². The lowest BCUT2D eigenvalue weighted by Crippen LogP contribution is -1.90. The van der Waals surface area contributed by atoms with Gasteiger partial charge in [0.05, 0.1) is 19.5 Å². The Hall–Kier alpha value is -1.49. The van der Waals surface area contributed by atoms with Crippen LogP contribution < -0.4 is 9.47 Å². The molecule has 90 valence electrons. The first-order valence-corrected chi connectivity index (χ1v) is 6.14. The Labute approximate surface area is 108 Å². The average molecular weight is 298 g/mol. The molecular formula is C12H12BrNO3. The Morgan fingerprint density at radius 1 is 1.24 bits per heavy atom. The summed E-state index contributed by atoms with van der Waals surface area (Å²) in [5.41, 5.74) is 1.58. The number of methoxy groups -OCH3 is 2. The second-order valence-electron chi connectivity index (χ2n) is 3.38. The van der Waals surface area contributed by atoms with Gasteiger partial charge in [0.15, 0.2) is 0 Å². The van der Waals surface area contributed by atoms with Gasteiger partial charge in [0, 0.05) is 11.6 Å². The Kier molecular flexibility index (Phi) is 3.68. The maximum atomic E-state index is 5.29. The Morgan fingerprint density at radius 3 is 2.65 bits per heavy atom. The Balaban J connectivity index is 2.47. The molecular weight excluding hydrogens is 286 g/mol. The van der Waals surface area contributed by atoms with Crippen molar-refractivity contribution in [1.82, 2.24) is 5.16 Å². The van der Waals surface area contributed by atoms with Crippen molar-refractivity contribution in [2.75, 3.05) is 14.2 Å². The van der Waals surface area contributed by atoms with Crippen LogP contribution in [0.5, 0.6) is 11.5 Å². The van der Waals surface area contributed by atoms with Crippen molar-refractivity contribution in [2.24, 2.45) is 0 Å². The van der Waals surface area contributed by atoms with Gasteiger partial charge in [-0.25, -0.2) is 0 Å². The highest BCUT2D eigenvalue weighted by molar-refractivity contribution is 9.08. The minimum absolute atomic E-state index is 0.631. The number of nitrogens with zero attached hydrogens (tertiary/aromatic N) is 1. The van der Waals surface area contributed by atoms with Crippen molar-refractivity contribution in [2.45, 2.75) is 5.33 Å². The van der Waals surface area contributed by atoms with Gasteiger partial charge in [-0.05, 0) is 18.2 Å². The van der Waals surface area contributed by atoms with Crippen LogP contribution in [0.25, 0.3) is 11.3 Å². The normalized spacial score (nSPS) is 10.3. The third kappa shape index (κ3) is 2.44. The maximum absolute atomic E-state index is 5.29. The van der Waals surface area contributed by atoms with Crippen LogP contribution in [0.2, 0.25) is 0 Å². The molecule has 1 aromatic heterocycles. The SMILES string of the molecule is COc1ccc(OC)c(-c2cc(CBr)on2)c1. The number of aromatic nitrogens is 1. The largest absolute Gasteiger partial charge is 0.497 e. The van der Waals surface area contributed by atoms with Gasteiger partial charge in [-0.1, -0.05) is 21.1 Å². The minimum atomic E-state index is 0.631. The van der Waals surface area contributed by atoms with E-state index in [9.17, 15) is 0 Å². The Bertz CT molecular complexity index is 510. The maximum Gasteiger partial charge on any atom is 0.147 e. The van der Waals surface area contributed by atoms with E-state index in [1.165, 1.54) is 0 Å². The van der Waals surface area contributed by atoms with Crippen molar-refractivity contribution in [3.63, 3.8) is 0 Å². The highest BCUT2D eigenvalue weighted by atomic mass is 79.9. The molecule has 0 spiro atoms. The number of hydrogen-bond acceptors (Lipinski definition) is 4. The molecule has 0 radical (unpaired) electrons. The predicted molar refractivity (Wildman–Crippen MR) is 67.7 cm³/mol. The quantitative estimate of drug-likeness (QED) is 0.813. The van der Waals surface area contributed by atoms with Crippen LogP contribution in [-0.2, 0) is 5.33 Å². The van der Waals surface area contributed by atoms with E-state index in [1.807, 2.05) is 24.3 Å². The van der Waals surface area contributed by atoms with E-state index in [1.54, 1.807) is 14.2 Å². The molecule has 0 bridgehead atoms. The highest BCUT2D eigenvalue weighted by Crippen LogP contribution is 2.33. The third-order valence-corrected chi connectivity index (χ3v) is 2.93. The fraction of sp³-hybridized carbons (Fsp3) is 0.250. The van der Waals surface area contributed by atoms with Crippen LogP contribution in [0.15, 0.2) is 28.8 Å². The zero-order chi connectivity index (χ0) is 12.3. The summed E-state index contributed by atoms with van der Waals surface area (Å²) in [7, 11) is 3.25. The smallest absolute Gasteiger partial charge is 0.147 e. The summed E-state index contributed by atoms with van der Waals surface area (Å²) in [6.45, 7) is 0. The molecule has 0 unspecified atom stereocenters. The van der Waals surface area contributed by atoms with E-state index in [2.05, 4.69) is 21.1 Å². The minimum Gasteiger partial charge on any atom is -0.497 e. The van der Waals surface area contributed by atoms with Crippen LogP contribution >= 0.6 is 15.9 Å². The molecule has 0 saturated carbocycles. The van der Waals surface area contributed by atoms with Crippen LogP contribution in [0.4, 0.5) is 0 Å². The first-order chi connectivity index (χ1) is 8.28. The number of rotatable bonds is 4. The first kappa shape index (κ1) is 12.0. The monoisotopic (exact) mass is 297 g/mol. The van der Waals surface area contributed by atoms with E-state index in [0.29, 0.717) is 5.33 Å². The number of hydrogen-bond donors (Lipinski definition) is 0. The molecule has 0 N–H and O–H groups in total. The molecule has 5 heteroatoms. The standard InChI is InChI=1S/C12H12BrNO3/c1-15-8-3-4-12(16-2)10(5-8)11-6-9(7-13)17-14-11/h3-6H,7H2,1-2H3. The van der Waals surface area contributed by atoms with Gasteiger partial charge in [0.25, 0.3) is 0 Å². The van der Waals surface area contributed by atoms with Crippen molar-refractivity contribution in [3.8, 4) is 22.8 Å². The Morgan fingerprint density at radius 2 is 2.06 bits per heavy atom. The van der Waals surface area contributed by atoms with Gasteiger partial charge in [-0.2, -0.15) is 0 Å². The highest BCUT2D eigenvalue weighted by Gasteiger charge is 2.12. The molecule has 0 saturated heterocycles. The number of ether oxygens (including phenoxy) is 2. The molecule has 0 atom stereocenters. The number of alkyl halides is 1. The van der Waals surface area contributed by atoms with E-state index in [-0.39, 0.29) is 0 Å². The molecule has 1 heterocycles. The molecule has 0 aliphatic heterocycles. The second kappa shape index (κ2) is 5.23. The van der Waals surface area contributed by atoms with Gasteiger partial charge in [0.2, 0.25) is 0 Å². The van der Waals surface area contributed by atoms with Gasteiger partial charge < -0.3 is 14.0 Å². The fourth-order valence-corrected chi connectivity index (χ4v) is 1.78. The molecule has 17 heavy (non-hydrogen) atoms. The van der Waals surface area contributed by atoms with E-state index >= 15 is 0 Å². The van der Waals surface area contributed by atoms with Crippen LogP contribution in [0, 0.1) is 0 Å². The average Bonchev–Trinajstić information content (AvgIpc) is 2.86. The molecule has 1 aromatic carbocycles. The molecule has 0 aliphatic rings. The first-order valence-electron chi connectivity index (χ1n) is 5.02. The molecule has 0 amide bonds. The van der Waals surface area contributed by atoms with E-state index in [4.69, 9.17) is 14.0 Å².